The molecule has 0 radical (unpaired) electrons. The lowest BCUT2D eigenvalue weighted by atomic mass is 10.3. The number of esters is 1. The van der Waals surface area contributed by atoms with Gasteiger partial charge in [0.15, 0.2) is 10.5 Å². The number of halogens is 1. The summed E-state index contributed by atoms with van der Waals surface area (Å²) in [6.07, 6.45) is 0. The lowest BCUT2D eigenvalue weighted by Gasteiger charge is -2.06. The van der Waals surface area contributed by atoms with Crippen LogP contribution in [-0.2, 0) is 16.1 Å². The van der Waals surface area contributed by atoms with Gasteiger partial charge < -0.3 is 9.30 Å². The van der Waals surface area contributed by atoms with Gasteiger partial charge in [-0.3, -0.25) is 14.3 Å². The van der Waals surface area contributed by atoms with Crippen LogP contribution in [-0.4, -0.2) is 32.8 Å². The standard InChI is InChI=1S/C19H21FN4O3S/c1-5-27-16(25)10-23-17-13(20)7-6-8-15(17)28-19(23)21-18(26)14-9-12(4)24(22-14)11(2)3/h6-9,11H,5,10H2,1-4H3. The monoisotopic (exact) mass is 404 g/mol. The number of nitrogens with zero attached hydrogens (tertiary/aromatic N) is 4. The van der Waals surface area contributed by atoms with E-state index in [2.05, 4.69) is 10.1 Å². The molecule has 0 saturated carbocycles. The van der Waals surface area contributed by atoms with Gasteiger partial charge in [-0.2, -0.15) is 10.1 Å². The van der Waals surface area contributed by atoms with Crippen molar-refractivity contribution in [2.24, 2.45) is 4.99 Å². The molecule has 0 atom stereocenters. The van der Waals surface area contributed by atoms with Gasteiger partial charge in [0, 0.05) is 11.7 Å². The third kappa shape index (κ3) is 3.89. The number of ether oxygens (including phenoxy) is 1. The fourth-order valence-corrected chi connectivity index (χ4v) is 3.96. The maximum absolute atomic E-state index is 14.4. The Morgan fingerprint density at radius 1 is 1.36 bits per heavy atom. The van der Waals surface area contributed by atoms with Gasteiger partial charge in [0.2, 0.25) is 0 Å². The van der Waals surface area contributed by atoms with E-state index in [9.17, 15) is 14.0 Å². The number of fused-ring (bicyclic) bond motifs is 1. The molecule has 0 fully saturated rings. The molecular weight excluding hydrogens is 383 g/mol. The van der Waals surface area contributed by atoms with Crippen molar-refractivity contribution < 1.29 is 18.7 Å². The minimum absolute atomic E-state index is 0.105. The number of hydrogen-bond acceptors (Lipinski definition) is 5. The maximum atomic E-state index is 14.4. The zero-order chi connectivity index (χ0) is 20.4. The second-order valence-electron chi connectivity index (χ2n) is 6.49. The number of benzene rings is 1. The van der Waals surface area contributed by atoms with Crippen LogP contribution in [0.25, 0.3) is 10.2 Å². The molecule has 1 aromatic carbocycles. The number of hydrogen-bond donors (Lipinski definition) is 0. The quantitative estimate of drug-likeness (QED) is 0.612. The second-order valence-corrected chi connectivity index (χ2v) is 7.50. The summed E-state index contributed by atoms with van der Waals surface area (Å²) in [7, 11) is 0. The first-order valence-corrected chi connectivity index (χ1v) is 9.72. The minimum Gasteiger partial charge on any atom is -0.465 e. The van der Waals surface area contributed by atoms with Gasteiger partial charge in [-0.1, -0.05) is 17.4 Å². The normalized spacial score (nSPS) is 12.1. The van der Waals surface area contributed by atoms with Crippen molar-refractivity contribution in [3.8, 4) is 0 Å². The molecule has 2 aromatic heterocycles. The van der Waals surface area contributed by atoms with Gasteiger partial charge in [0.1, 0.15) is 12.4 Å². The van der Waals surface area contributed by atoms with E-state index in [1.54, 1.807) is 29.8 Å². The zero-order valence-corrected chi connectivity index (χ0v) is 16.9. The summed E-state index contributed by atoms with van der Waals surface area (Å²) in [6, 6.07) is 6.35. The number of amides is 1. The molecular formula is C19H21FN4O3S. The Bertz CT molecular complexity index is 1110. The van der Waals surface area contributed by atoms with Crippen LogP contribution in [0, 0.1) is 12.7 Å². The number of carbonyl (C=O) groups excluding carboxylic acids is 2. The largest absolute Gasteiger partial charge is 0.465 e. The van der Waals surface area contributed by atoms with Crippen molar-refractivity contribution in [3.63, 3.8) is 0 Å². The Hall–Kier alpha value is -2.81. The van der Waals surface area contributed by atoms with Crippen molar-refractivity contribution in [2.75, 3.05) is 6.61 Å². The third-order valence-corrected chi connectivity index (χ3v) is 5.12. The summed E-state index contributed by atoms with van der Waals surface area (Å²) in [5.74, 6) is -1.57. The number of aryl methyl sites for hydroxylation is 1. The van der Waals surface area contributed by atoms with E-state index >= 15 is 0 Å². The summed E-state index contributed by atoms with van der Waals surface area (Å²) in [6.45, 7) is 7.46. The molecule has 0 spiro atoms. The third-order valence-electron chi connectivity index (χ3n) is 4.07. The number of carbonyl (C=O) groups is 2. The summed E-state index contributed by atoms with van der Waals surface area (Å²) >= 11 is 1.13. The number of thiazole rings is 1. The highest BCUT2D eigenvalue weighted by molar-refractivity contribution is 7.16. The molecule has 0 aliphatic rings. The predicted octanol–water partition coefficient (Wildman–Crippen LogP) is 3.23. The van der Waals surface area contributed by atoms with E-state index < -0.39 is 17.7 Å². The number of rotatable bonds is 5. The molecule has 0 bridgehead atoms. The van der Waals surface area contributed by atoms with E-state index in [0.29, 0.717) is 4.70 Å². The van der Waals surface area contributed by atoms with E-state index in [1.165, 1.54) is 10.6 Å². The lowest BCUT2D eigenvalue weighted by Crippen LogP contribution is -2.23. The molecule has 2 heterocycles. The van der Waals surface area contributed by atoms with Gasteiger partial charge in [0.05, 0.1) is 16.8 Å². The molecule has 148 valence electrons. The Morgan fingerprint density at radius 2 is 2.11 bits per heavy atom. The number of aromatic nitrogens is 3. The summed E-state index contributed by atoms with van der Waals surface area (Å²) in [4.78, 5) is 29.0. The Labute approximate surface area is 165 Å². The van der Waals surface area contributed by atoms with Crippen LogP contribution in [0.4, 0.5) is 4.39 Å². The summed E-state index contributed by atoms with van der Waals surface area (Å²) in [5, 5.41) is 4.30. The van der Waals surface area contributed by atoms with Crippen LogP contribution in [0.2, 0.25) is 0 Å². The van der Waals surface area contributed by atoms with Gasteiger partial charge in [0.25, 0.3) is 5.91 Å². The van der Waals surface area contributed by atoms with Crippen molar-refractivity contribution in [3.05, 3.63) is 46.3 Å². The van der Waals surface area contributed by atoms with Crippen molar-refractivity contribution in [2.45, 2.75) is 40.3 Å². The van der Waals surface area contributed by atoms with Crippen LogP contribution in [0.3, 0.4) is 0 Å². The molecule has 9 heteroatoms. The molecule has 0 unspecified atom stereocenters. The maximum Gasteiger partial charge on any atom is 0.326 e. The molecule has 7 nitrogen and oxygen atoms in total. The van der Waals surface area contributed by atoms with Crippen molar-refractivity contribution in [1.82, 2.24) is 14.3 Å². The molecule has 0 saturated heterocycles. The SMILES string of the molecule is CCOC(=O)Cn1c(=NC(=O)c2cc(C)n(C(C)C)n2)sc2cccc(F)c21. The first-order valence-electron chi connectivity index (χ1n) is 8.90. The van der Waals surface area contributed by atoms with Crippen LogP contribution >= 0.6 is 11.3 Å². The van der Waals surface area contributed by atoms with Crippen LogP contribution < -0.4 is 4.80 Å². The van der Waals surface area contributed by atoms with Crippen LogP contribution in [0.5, 0.6) is 0 Å². The van der Waals surface area contributed by atoms with Gasteiger partial charge in [-0.05, 0) is 45.9 Å². The number of para-hydroxylation sites is 1. The Balaban J connectivity index is 2.11. The molecule has 3 aromatic rings. The van der Waals surface area contributed by atoms with Crippen LogP contribution in [0.15, 0.2) is 29.3 Å². The molecule has 3 rings (SSSR count). The molecule has 1 amide bonds. The van der Waals surface area contributed by atoms with E-state index in [-0.39, 0.29) is 35.2 Å². The highest BCUT2D eigenvalue weighted by Gasteiger charge is 2.17. The minimum atomic E-state index is -0.549. The fourth-order valence-electron chi connectivity index (χ4n) is 2.91. The smallest absolute Gasteiger partial charge is 0.326 e. The van der Waals surface area contributed by atoms with E-state index in [0.717, 1.165) is 17.0 Å². The topological polar surface area (TPSA) is 78.5 Å². The molecule has 0 aliphatic heterocycles. The summed E-state index contributed by atoms with van der Waals surface area (Å²) in [5.41, 5.74) is 1.26. The molecule has 0 aliphatic carbocycles. The Morgan fingerprint density at radius 3 is 2.75 bits per heavy atom. The predicted molar refractivity (Wildman–Crippen MR) is 104 cm³/mol. The highest BCUT2D eigenvalue weighted by atomic mass is 32.1. The van der Waals surface area contributed by atoms with Crippen LogP contribution in [0.1, 0.15) is 43.0 Å². The lowest BCUT2D eigenvalue weighted by molar-refractivity contribution is -0.143. The fraction of sp³-hybridized carbons (Fsp3) is 0.368. The van der Waals surface area contributed by atoms with Crippen molar-refractivity contribution >= 4 is 33.4 Å². The van der Waals surface area contributed by atoms with Crippen molar-refractivity contribution in [1.29, 1.82) is 0 Å². The van der Waals surface area contributed by atoms with E-state index in [1.807, 2.05) is 20.8 Å². The molecule has 28 heavy (non-hydrogen) atoms. The van der Waals surface area contributed by atoms with E-state index in [4.69, 9.17) is 4.74 Å². The summed E-state index contributed by atoms with van der Waals surface area (Å²) < 4.78 is 23.1. The second kappa shape index (κ2) is 8.05. The first kappa shape index (κ1) is 19.9. The van der Waals surface area contributed by atoms with Gasteiger partial charge >= 0.3 is 5.97 Å². The average molecular weight is 404 g/mol. The first-order chi connectivity index (χ1) is 13.3. The van der Waals surface area contributed by atoms with Gasteiger partial charge in [-0.15, -0.1) is 0 Å². The molecule has 0 N–H and O–H groups in total. The van der Waals surface area contributed by atoms with Gasteiger partial charge in [-0.25, -0.2) is 4.39 Å². The average Bonchev–Trinajstić information content (AvgIpc) is 3.17. The Kier molecular flexibility index (Phi) is 5.73. The zero-order valence-electron chi connectivity index (χ0n) is 16.1. The highest BCUT2D eigenvalue weighted by Crippen LogP contribution is 2.20.